The molecule has 1 fully saturated rings. The molecule has 1 unspecified atom stereocenters. The van der Waals surface area contributed by atoms with E-state index in [9.17, 15) is 4.79 Å². The molecule has 0 bridgehead atoms. The Bertz CT molecular complexity index is 729. The van der Waals surface area contributed by atoms with Crippen LogP contribution in [0.3, 0.4) is 0 Å². The number of benzene rings is 1. The van der Waals surface area contributed by atoms with Crippen molar-refractivity contribution in [3.63, 3.8) is 0 Å². The zero-order valence-corrected chi connectivity index (χ0v) is 12.4. The number of hydrogen-bond donors (Lipinski definition) is 1. The summed E-state index contributed by atoms with van der Waals surface area (Å²) in [5.74, 6) is 0.862. The van der Waals surface area contributed by atoms with Crippen molar-refractivity contribution in [3.05, 3.63) is 59.4 Å². The molecule has 2 aromatic rings. The first kappa shape index (κ1) is 13.3. The van der Waals surface area contributed by atoms with Crippen LogP contribution in [0.25, 0.3) is 0 Å². The van der Waals surface area contributed by atoms with Gasteiger partial charge in [0.1, 0.15) is 11.4 Å². The van der Waals surface area contributed by atoms with Gasteiger partial charge in [-0.25, -0.2) is 0 Å². The SMILES string of the molecule is COc1ccc(C23Cc4ncccc4C(=O)N2CCN3)cc1. The number of fused-ring (bicyclic) bond motifs is 2. The number of pyridine rings is 1. The second-order valence-electron chi connectivity index (χ2n) is 5.65. The van der Waals surface area contributed by atoms with Crippen molar-refractivity contribution in [2.45, 2.75) is 12.1 Å². The number of hydrogen-bond acceptors (Lipinski definition) is 4. The van der Waals surface area contributed by atoms with Crippen LogP contribution in [-0.4, -0.2) is 36.0 Å². The highest BCUT2D eigenvalue weighted by molar-refractivity contribution is 5.97. The molecule has 2 aliphatic heterocycles. The molecular formula is C17H17N3O2. The first-order valence-corrected chi connectivity index (χ1v) is 7.40. The fourth-order valence-electron chi connectivity index (χ4n) is 3.48. The fraction of sp³-hybridized carbons (Fsp3) is 0.294. The quantitative estimate of drug-likeness (QED) is 0.913. The molecular weight excluding hydrogens is 278 g/mol. The van der Waals surface area contributed by atoms with Gasteiger partial charge in [0.15, 0.2) is 0 Å². The minimum atomic E-state index is -0.495. The summed E-state index contributed by atoms with van der Waals surface area (Å²) in [6, 6.07) is 11.6. The van der Waals surface area contributed by atoms with Gasteiger partial charge in [0.25, 0.3) is 5.91 Å². The standard InChI is InChI=1S/C17H17N3O2/c1-22-13-6-4-12(5-7-13)17-11-15-14(3-2-8-18-15)16(21)20(17)10-9-19-17/h2-8,19H,9-11H2,1H3. The molecule has 4 rings (SSSR count). The Balaban J connectivity index is 1.83. The Hall–Kier alpha value is -2.40. The molecule has 1 aromatic carbocycles. The Kier molecular flexibility index (Phi) is 2.90. The number of nitrogens with one attached hydrogen (secondary N) is 1. The van der Waals surface area contributed by atoms with Crippen LogP contribution in [-0.2, 0) is 12.1 Å². The van der Waals surface area contributed by atoms with E-state index in [-0.39, 0.29) is 5.91 Å². The molecule has 1 saturated heterocycles. The van der Waals surface area contributed by atoms with E-state index in [0.717, 1.165) is 29.1 Å². The lowest BCUT2D eigenvalue weighted by Gasteiger charge is -2.42. The number of carbonyl (C=O) groups excluding carboxylic acids is 1. The predicted molar refractivity (Wildman–Crippen MR) is 81.7 cm³/mol. The molecule has 112 valence electrons. The van der Waals surface area contributed by atoms with E-state index >= 15 is 0 Å². The van der Waals surface area contributed by atoms with Crippen LogP contribution in [0.2, 0.25) is 0 Å². The highest BCUT2D eigenvalue weighted by Crippen LogP contribution is 2.38. The summed E-state index contributed by atoms with van der Waals surface area (Å²) in [6.07, 6.45) is 2.43. The van der Waals surface area contributed by atoms with E-state index in [2.05, 4.69) is 10.3 Å². The Morgan fingerprint density at radius 3 is 2.86 bits per heavy atom. The molecule has 0 radical (unpaired) electrons. The van der Waals surface area contributed by atoms with Crippen molar-refractivity contribution in [1.82, 2.24) is 15.2 Å². The first-order valence-electron chi connectivity index (χ1n) is 7.40. The number of methoxy groups -OCH3 is 1. The monoisotopic (exact) mass is 295 g/mol. The smallest absolute Gasteiger partial charge is 0.257 e. The number of rotatable bonds is 2. The van der Waals surface area contributed by atoms with Gasteiger partial charge in [0.05, 0.1) is 18.4 Å². The molecule has 1 atom stereocenters. The van der Waals surface area contributed by atoms with E-state index in [0.29, 0.717) is 13.0 Å². The van der Waals surface area contributed by atoms with Crippen molar-refractivity contribution in [1.29, 1.82) is 0 Å². The second kappa shape index (κ2) is 4.81. The molecule has 2 aliphatic rings. The van der Waals surface area contributed by atoms with Gasteiger partial charge in [-0.2, -0.15) is 0 Å². The highest BCUT2D eigenvalue weighted by Gasteiger charge is 2.49. The molecule has 1 amide bonds. The summed E-state index contributed by atoms with van der Waals surface area (Å²) in [6.45, 7) is 1.49. The number of nitrogens with zero attached hydrogens (tertiary/aromatic N) is 2. The number of aromatic nitrogens is 1. The minimum absolute atomic E-state index is 0.0511. The maximum Gasteiger partial charge on any atom is 0.257 e. The summed E-state index contributed by atoms with van der Waals surface area (Å²) in [5.41, 5.74) is 2.14. The molecule has 1 N–H and O–H groups in total. The maximum absolute atomic E-state index is 12.8. The summed E-state index contributed by atoms with van der Waals surface area (Å²) in [7, 11) is 1.65. The van der Waals surface area contributed by atoms with Gasteiger partial charge in [-0.1, -0.05) is 12.1 Å². The maximum atomic E-state index is 12.8. The van der Waals surface area contributed by atoms with E-state index in [1.165, 1.54) is 0 Å². The van der Waals surface area contributed by atoms with Crippen molar-refractivity contribution >= 4 is 5.91 Å². The average molecular weight is 295 g/mol. The van der Waals surface area contributed by atoms with E-state index in [1.807, 2.05) is 41.3 Å². The molecule has 0 spiro atoms. The van der Waals surface area contributed by atoms with E-state index in [4.69, 9.17) is 4.74 Å². The van der Waals surface area contributed by atoms with Gasteiger partial charge >= 0.3 is 0 Å². The molecule has 5 nitrogen and oxygen atoms in total. The zero-order valence-electron chi connectivity index (χ0n) is 12.4. The zero-order chi connectivity index (χ0) is 15.2. The number of carbonyl (C=O) groups is 1. The Labute approximate surface area is 128 Å². The predicted octanol–water partition coefficient (Wildman–Crippen LogP) is 1.54. The highest BCUT2D eigenvalue weighted by atomic mass is 16.5. The Morgan fingerprint density at radius 2 is 2.09 bits per heavy atom. The summed E-state index contributed by atoms with van der Waals surface area (Å²) < 4.78 is 5.23. The largest absolute Gasteiger partial charge is 0.497 e. The van der Waals surface area contributed by atoms with E-state index in [1.54, 1.807) is 13.3 Å². The summed E-state index contributed by atoms with van der Waals surface area (Å²) in [5, 5.41) is 3.52. The molecule has 1 aromatic heterocycles. The van der Waals surface area contributed by atoms with Gasteiger partial charge in [0.2, 0.25) is 0 Å². The van der Waals surface area contributed by atoms with Gasteiger partial charge < -0.3 is 9.64 Å². The van der Waals surface area contributed by atoms with Gasteiger partial charge in [-0.3, -0.25) is 15.1 Å². The van der Waals surface area contributed by atoms with Gasteiger partial charge in [-0.15, -0.1) is 0 Å². The van der Waals surface area contributed by atoms with Crippen LogP contribution in [0.5, 0.6) is 5.75 Å². The van der Waals surface area contributed by atoms with Gasteiger partial charge in [0, 0.05) is 25.7 Å². The second-order valence-corrected chi connectivity index (χ2v) is 5.65. The van der Waals surface area contributed by atoms with Crippen molar-refractivity contribution in [2.24, 2.45) is 0 Å². The van der Waals surface area contributed by atoms with Crippen LogP contribution < -0.4 is 10.1 Å². The molecule has 0 saturated carbocycles. The van der Waals surface area contributed by atoms with Crippen LogP contribution in [0.4, 0.5) is 0 Å². The lowest BCUT2D eigenvalue weighted by Crippen LogP contribution is -2.55. The molecule has 22 heavy (non-hydrogen) atoms. The third kappa shape index (κ3) is 1.75. The van der Waals surface area contributed by atoms with Crippen LogP contribution in [0, 0.1) is 0 Å². The number of amides is 1. The Morgan fingerprint density at radius 1 is 1.27 bits per heavy atom. The van der Waals surface area contributed by atoms with Crippen LogP contribution in [0.15, 0.2) is 42.6 Å². The van der Waals surface area contributed by atoms with E-state index < -0.39 is 5.66 Å². The topological polar surface area (TPSA) is 54.5 Å². The summed E-state index contributed by atoms with van der Waals surface area (Å²) in [4.78, 5) is 19.2. The van der Waals surface area contributed by atoms with Crippen molar-refractivity contribution < 1.29 is 9.53 Å². The molecule has 5 heteroatoms. The summed E-state index contributed by atoms with van der Waals surface area (Å²) >= 11 is 0. The molecule has 0 aliphatic carbocycles. The molecule has 3 heterocycles. The average Bonchev–Trinajstić information content (AvgIpc) is 3.00. The van der Waals surface area contributed by atoms with Crippen molar-refractivity contribution in [3.8, 4) is 5.75 Å². The lowest BCUT2D eigenvalue weighted by atomic mass is 9.87. The lowest BCUT2D eigenvalue weighted by molar-refractivity contribution is 0.0498. The van der Waals surface area contributed by atoms with Gasteiger partial charge in [-0.05, 0) is 29.8 Å². The fourth-order valence-corrected chi connectivity index (χ4v) is 3.48. The number of ether oxygens (including phenoxy) is 1. The first-order chi connectivity index (χ1) is 10.7. The van der Waals surface area contributed by atoms with Crippen molar-refractivity contribution in [2.75, 3.05) is 20.2 Å². The van der Waals surface area contributed by atoms with Crippen LogP contribution in [0.1, 0.15) is 21.6 Å². The normalized spacial score (nSPS) is 23.1. The third-order valence-electron chi connectivity index (χ3n) is 4.57. The minimum Gasteiger partial charge on any atom is -0.497 e. The third-order valence-corrected chi connectivity index (χ3v) is 4.57. The van der Waals surface area contributed by atoms with Crippen LogP contribution >= 0.6 is 0 Å².